The number of aryl methyl sites for hydroxylation is 1. The van der Waals surface area contributed by atoms with Crippen LogP contribution in [0.1, 0.15) is 12.0 Å². The number of anilines is 2. The summed E-state index contributed by atoms with van der Waals surface area (Å²) >= 11 is 0. The van der Waals surface area contributed by atoms with Crippen LogP contribution in [0.4, 0.5) is 11.6 Å². The van der Waals surface area contributed by atoms with Crippen LogP contribution in [-0.4, -0.2) is 39.6 Å². The molecule has 1 fully saturated rings. The molecule has 1 atom stereocenters. The van der Waals surface area contributed by atoms with E-state index in [2.05, 4.69) is 43.1 Å². The Bertz CT molecular complexity index is 811. The van der Waals surface area contributed by atoms with Gasteiger partial charge in [-0.3, -0.25) is 0 Å². The highest BCUT2D eigenvalue weighted by Gasteiger charge is 2.25. The Hall–Kier alpha value is -2.63. The van der Waals surface area contributed by atoms with Crippen molar-refractivity contribution in [3.63, 3.8) is 0 Å². The van der Waals surface area contributed by atoms with E-state index in [4.69, 9.17) is 0 Å². The zero-order valence-corrected chi connectivity index (χ0v) is 13.2. The number of aromatic amines is 1. The monoisotopic (exact) mass is 308 g/mol. The van der Waals surface area contributed by atoms with Crippen LogP contribution < -0.4 is 10.2 Å². The van der Waals surface area contributed by atoms with Crippen LogP contribution in [0.25, 0.3) is 11.0 Å². The molecule has 0 aromatic carbocycles. The fraction of sp³-hybridized carbons (Fsp3) is 0.353. The Morgan fingerprint density at radius 3 is 3.17 bits per heavy atom. The standard InChI is InChI=1S/C17H20N6/c1-12-2-5-18-15(8-12)20-9-13-4-7-23(10-13)17-14-3-6-19-16(14)21-11-22-17/h2-3,5-6,8,11,13H,4,7,9-10H2,1H3,(H,18,20)(H,19,21,22). The molecule has 4 rings (SSSR count). The molecule has 1 aliphatic rings. The molecule has 0 saturated carbocycles. The van der Waals surface area contributed by atoms with Crippen LogP contribution in [-0.2, 0) is 0 Å². The molecule has 4 heterocycles. The molecule has 3 aromatic rings. The normalized spacial score (nSPS) is 17.8. The minimum atomic E-state index is 0.598. The van der Waals surface area contributed by atoms with Gasteiger partial charge in [0.15, 0.2) is 0 Å². The zero-order valence-electron chi connectivity index (χ0n) is 13.2. The van der Waals surface area contributed by atoms with Gasteiger partial charge in [0, 0.05) is 32.0 Å². The van der Waals surface area contributed by atoms with E-state index in [9.17, 15) is 0 Å². The van der Waals surface area contributed by atoms with Crippen molar-refractivity contribution in [1.29, 1.82) is 0 Å². The van der Waals surface area contributed by atoms with Gasteiger partial charge in [-0.25, -0.2) is 15.0 Å². The van der Waals surface area contributed by atoms with E-state index < -0.39 is 0 Å². The van der Waals surface area contributed by atoms with Gasteiger partial charge in [0.05, 0.1) is 5.39 Å². The summed E-state index contributed by atoms with van der Waals surface area (Å²) in [7, 11) is 0. The van der Waals surface area contributed by atoms with Gasteiger partial charge in [0.2, 0.25) is 0 Å². The Morgan fingerprint density at radius 1 is 1.30 bits per heavy atom. The zero-order chi connectivity index (χ0) is 15.6. The minimum absolute atomic E-state index is 0.598. The first-order valence-corrected chi connectivity index (χ1v) is 7.99. The third kappa shape index (κ3) is 2.84. The van der Waals surface area contributed by atoms with Crippen LogP contribution in [0.2, 0.25) is 0 Å². The molecule has 2 N–H and O–H groups in total. The van der Waals surface area contributed by atoms with Crippen molar-refractivity contribution < 1.29 is 0 Å². The van der Waals surface area contributed by atoms with Crippen molar-refractivity contribution in [1.82, 2.24) is 19.9 Å². The van der Waals surface area contributed by atoms with Gasteiger partial charge in [0.25, 0.3) is 0 Å². The van der Waals surface area contributed by atoms with E-state index in [1.54, 1.807) is 6.33 Å². The summed E-state index contributed by atoms with van der Waals surface area (Å²) < 4.78 is 0. The Labute approximate surface area is 135 Å². The number of H-pyrrole nitrogens is 1. The lowest BCUT2D eigenvalue weighted by Crippen LogP contribution is -2.23. The van der Waals surface area contributed by atoms with Gasteiger partial charge in [-0.2, -0.15) is 0 Å². The summed E-state index contributed by atoms with van der Waals surface area (Å²) in [6.45, 7) is 5.07. The van der Waals surface area contributed by atoms with Gasteiger partial charge < -0.3 is 15.2 Å². The summed E-state index contributed by atoms with van der Waals surface area (Å²) in [5, 5.41) is 4.55. The first kappa shape index (κ1) is 14.0. The van der Waals surface area contributed by atoms with E-state index in [-0.39, 0.29) is 0 Å². The Balaban J connectivity index is 1.42. The number of nitrogens with one attached hydrogen (secondary N) is 2. The van der Waals surface area contributed by atoms with Crippen molar-refractivity contribution in [2.75, 3.05) is 29.9 Å². The van der Waals surface area contributed by atoms with Gasteiger partial charge in [-0.05, 0) is 43.0 Å². The molecule has 1 aliphatic heterocycles. The second kappa shape index (κ2) is 5.87. The van der Waals surface area contributed by atoms with Crippen LogP contribution >= 0.6 is 0 Å². The molecule has 0 radical (unpaired) electrons. The van der Waals surface area contributed by atoms with E-state index in [0.29, 0.717) is 5.92 Å². The molecular weight excluding hydrogens is 288 g/mol. The summed E-state index contributed by atoms with van der Waals surface area (Å²) in [6, 6.07) is 6.15. The molecule has 0 spiro atoms. The SMILES string of the molecule is Cc1ccnc(NCC2CCN(c3ncnc4[nH]ccc34)C2)c1. The van der Waals surface area contributed by atoms with Crippen LogP contribution in [0.5, 0.6) is 0 Å². The molecule has 6 nitrogen and oxygen atoms in total. The largest absolute Gasteiger partial charge is 0.370 e. The highest BCUT2D eigenvalue weighted by Crippen LogP contribution is 2.27. The molecule has 0 amide bonds. The lowest BCUT2D eigenvalue weighted by molar-refractivity contribution is 0.621. The molecule has 3 aromatic heterocycles. The number of nitrogens with zero attached hydrogens (tertiary/aromatic N) is 4. The highest BCUT2D eigenvalue weighted by molar-refractivity contribution is 5.87. The average molecular weight is 308 g/mol. The summed E-state index contributed by atoms with van der Waals surface area (Å²) in [6.07, 6.45) is 6.56. The third-order valence-electron chi connectivity index (χ3n) is 4.41. The highest BCUT2D eigenvalue weighted by atomic mass is 15.2. The molecule has 0 bridgehead atoms. The minimum Gasteiger partial charge on any atom is -0.370 e. The average Bonchev–Trinajstić information content (AvgIpc) is 3.22. The predicted molar refractivity (Wildman–Crippen MR) is 91.7 cm³/mol. The van der Waals surface area contributed by atoms with Gasteiger partial charge in [-0.15, -0.1) is 0 Å². The first-order valence-electron chi connectivity index (χ1n) is 7.99. The third-order valence-corrected chi connectivity index (χ3v) is 4.41. The molecule has 0 aliphatic carbocycles. The van der Waals surface area contributed by atoms with Crippen molar-refractivity contribution in [2.24, 2.45) is 5.92 Å². The van der Waals surface area contributed by atoms with E-state index in [1.807, 2.05) is 24.5 Å². The van der Waals surface area contributed by atoms with Crippen LogP contribution in [0.15, 0.2) is 36.9 Å². The topological polar surface area (TPSA) is 69.7 Å². The Kier molecular flexibility index (Phi) is 3.57. The van der Waals surface area contributed by atoms with Crippen molar-refractivity contribution in [3.05, 3.63) is 42.5 Å². The fourth-order valence-corrected chi connectivity index (χ4v) is 3.18. The first-order chi connectivity index (χ1) is 11.3. The number of fused-ring (bicyclic) bond motifs is 1. The maximum absolute atomic E-state index is 4.49. The number of hydrogen-bond acceptors (Lipinski definition) is 5. The maximum Gasteiger partial charge on any atom is 0.142 e. The number of rotatable bonds is 4. The predicted octanol–water partition coefficient (Wildman–Crippen LogP) is 2.60. The maximum atomic E-state index is 4.49. The van der Waals surface area contributed by atoms with E-state index in [0.717, 1.165) is 48.7 Å². The number of hydrogen-bond donors (Lipinski definition) is 2. The Morgan fingerprint density at radius 2 is 2.26 bits per heavy atom. The van der Waals surface area contributed by atoms with Crippen molar-refractivity contribution in [2.45, 2.75) is 13.3 Å². The molecule has 1 saturated heterocycles. The van der Waals surface area contributed by atoms with Crippen LogP contribution in [0.3, 0.4) is 0 Å². The number of aromatic nitrogens is 4. The van der Waals surface area contributed by atoms with E-state index in [1.165, 1.54) is 5.56 Å². The molecule has 23 heavy (non-hydrogen) atoms. The van der Waals surface area contributed by atoms with Crippen molar-refractivity contribution >= 4 is 22.7 Å². The second-order valence-electron chi connectivity index (χ2n) is 6.14. The smallest absolute Gasteiger partial charge is 0.142 e. The summed E-state index contributed by atoms with van der Waals surface area (Å²) in [4.78, 5) is 18.6. The van der Waals surface area contributed by atoms with Gasteiger partial charge in [-0.1, -0.05) is 0 Å². The molecule has 1 unspecified atom stereocenters. The van der Waals surface area contributed by atoms with Crippen molar-refractivity contribution in [3.8, 4) is 0 Å². The number of pyridine rings is 1. The fourth-order valence-electron chi connectivity index (χ4n) is 3.18. The summed E-state index contributed by atoms with van der Waals surface area (Å²) in [5.74, 6) is 2.59. The van der Waals surface area contributed by atoms with Gasteiger partial charge in [0.1, 0.15) is 23.6 Å². The lowest BCUT2D eigenvalue weighted by atomic mass is 10.1. The molecule has 6 heteroatoms. The lowest BCUT2D eigenvalue weighted by Gasteiger charge is -2.18. The quantitative estimate of drug-likeness (QED) is 0.775. The summed E-state index contributed by atoms with van der Waals surface area (Å²) in [5.41, 5.74) is 2.13. The van der Waals surface area contributed by atoms with E-state index >= 15 is 0 Å². The molecular formula is C17H20N6. The van der Waals surface area contributed by atoms with Gasteiger partial charge >= 0.3 is 0 Å². The molecule has 118 valence electrons. The second-order valence-corrected chi connectivity index (χ2v) is 6.14. The van der Waals surface area contributed by atoms with Crippen LogP contribution in [0, 0.1) is 12.8 Å².